The predicted octanol–water partition coefficient (Wildman–Crippen LogP) is 3.20. The first-order chi connectivity index (χ1) is 11.4. The van der Waals surface area contributed by atoms with E-state index in [1.165, 1.54) is 12.1 Å². The zero-order valence-electron chi connectivity index (χ0n) is 12.8. The number of carboxylic acid groups (broad SMARTS) is 1. The number of ether oxygens (including phenoxy) is 3. The van der Waals surface area contributed by atoms with Gasteiger partial charge in [-0.2, -0.15) is 0 Å². The van der Waals surface area contributed by atoms with Gasteiger partial charge < -0.3 is 24.2 Å². The molecule has 3 aliphatic heterocycles. The Labute approximate surface area is 136 Å². The summed E-state index contributed by atoms with van der Waals surface area (Å²) in [5.74, 6) is 0.0124. The maximum absolute atomic E-state index is 13.0. The van der Waals surface area contributed by atoms with Crippen LogP contribution in [0.4, 0.5) is 13.6 Å². The van der Waals surface area contributed by atoms with Crippen molar-refractivity contribution >= 4 is 6.09 Å². The number of hydrogen-bond donors (Lipinski definition) is 1. The molecule has 0 aliphatic carbocycles. The summed E-state index contributed by atoms with van der Waals surface area (Å²) < 4.78 is 40.7. The molecule has 2 atom stereocenters. The molecule has 0 spiro atoms. The van der Waals surface area contributed by atoms with E-state index >= 15 is 0 Å². The van der Waals surface area contributed by atoms with E-state index in [-0.39, 0.29) is 36.3 Å². The van der Waals surface area contributed by atoms with Crippen LogP contribution < -0.4 is 9.47 Å². The van der Waals surface area contributed by atoms with Gasteiger partial charge in [0.15, 0.2) is 11.5 Å². The van der Waals surface area contributed by atoms with Crippen LogP contribution in [0.5, 0.6) is 11.5 Å². The Bertz CT molecular complexity index is 654. The Morgan fingerprint density at radius 1 is 1.25 bits per heavy atom. The lowest BCUT2D eigenvalue weighted by Crippen LogP contribution is -2.47. The van der Waals surface area contributed by atoms with Crippen LogP contribution >= 0.6 is 0 Å². The average Bonchev–Trinajstić information content (AvgIpc) is 2.96. The lowest BCUT2D eigenvalue weighted by atomic mass is 10.0. The van der Waals surface area contributed by atoms with Gasteiger partial charge in [-0.15, -0.1) is 8.78 Å². The van der Waals surface area contributed by atoms with Crippen molar-refractivity contribution in [3.05, 3.63) is 23.8 Å². The molecule has 8 heteroatoms. The van der Waals surface area contributed by atoms with Gasteiger partial charge in [-0.1, -0.05) is 6.07 Å². The summed E-state index contributed by atoms with van der Waals surface area (Å²) in [6.07, 6.45) is -1.42. The smallest absolute Gasteiger partial charge is 0.465 e. The number of nitrogens with zero attached hydrogens (tertiary/aromatic N) is 1. The molecule has 2 saturated heterocycles. The lowest BCUT2D eigenvalue weighted by Gasteiger charge is -2.36. The van der Waals surface area contributed by atoms with Crippen LogP contribution in [-0.2, 0) is 11.3 Å². The standard InChI is InChI=1S/C16H17F2NO5/c17-16(18)23-13-4-1-9(5-14(13)24-16)8-22-12-6-10-2-3-11(7-12)19(10)15(20)21/h1,4-5,10-12H,2-3,6-8H2,(H,20,21). The van der Waals surface area contributed by atoms with Crippen LogP contribution in [0.1, 0.15) is 31.2 Å². The van der Waals surface area contributed by atoms with Crippen molar-refractivity contribution in [2.75, 3.05) is 0 Å². The number of halogens is 2. The van der Waals surface area contributed by atoms with Crippen LogP contribution in [0.25, 0.3) is 0 Å². The SMILES string of the molecule is O=C(O)N1C2CCC1CC(OCc1ccc3c(c1)OC(F)(F)O3)C2. The van der Waals surface area contributed by atoms with Gasteiger partial charge in [0.2, 0.25) is 0 Å². The number of piperidine rings is 1. The van der Waals surface area contributed by atoms with E-state index in [1.54, 1.807) is 11.0 Å². The molecular weight excluding hydrogens is 324 g/mol. The summed E-state index contributed by atoms with van der Waals surface area (Å²) in [6, 6.07) is 4.61. The fraction of sp³-hybridized carbons (Fsp3) is 0.562. The summed E-state index contributed by atoms with van der Waals surface area (Å²) in [4.78, 5) is 12.8. The minimum atomic E-state index is -3.62. The van der Waals surface area contributed by atoms with E-state index in [2.05, 4.69) is 9.47 Å². The van der Waals surface area contributed by atoms with Crippen LogP contribution in [-0.4, -0.2) is 40.6 Å². The molecule has 6 nitrogen and oxygen atoms in total. The van der Waals surface area contributed by atoms with Gasteiger partial charge in [0, 0.05) is 12.1 Å². The molecule has 0 saturated carbocycles. The predicted molar refractivity (Wildman–Crippen MR) is 77.1 cm³/mol. The Balaban J connectivity index is 1.37. The molecule has 1 N–H and O–H groups in total. The highest BCUT2D eigenvalue weighted by Gasteiger charge is 2.44. The van der Waals surface area contributed by atoms with Crippen molar-refractivity contribution in [3.8, 4) is 11.5 Å². The Morgan fingerprint density at radius 2 is 1.92 bits per heavy atom. The number of alkyl halides is 2. The Morgan fingerprint density at radius 3 is 2.58 bits per heavy atom. The highest BCUT2D eigenvalue weighted by atomic mass is 19.3. The highest BCUT2D eigenvalue weighted by molar-refractivity contribution is 5.66. The largest absolute Gasteiger partial charge is 0.586 e. The minimum absolute atomic E-state index is 0.00173. The Hall–Kier alpha value is -2.09. The quantitative estimate of drug-likeness (QED) is 0.914. The molecule has 4 rings (SSSR count). The summed E-state index contributed by atoms with van der Waals surface area (Å²) in [7, 11) is 0. The summed E-state index contributed by atoms with van der Waals surface area (Å²) in [5.41, 5.74) is 0.711. The summed E-state index contributed by atoms with van der Waals surface area (Å²) in [6.45, 7) is 0.263. The first-order valence-electron chi connectivity index (χ1n) is 7.93. The van der Waals surface area contributed by atoms with E-state index in [4.69, 9.17) is 4.74 Å². The summed E-state index contributed by atoms with van der Waals surface area (Å²) >= 11 is 0. The third-order valence-corrected chi connectivity index (χ3v) is 4.86. The number of amides is 1. The molecule has 2 fully saturated rings. The maximum Gasteiger partial charge on any atom is 0.586 e. The van der Waals surface area contributed by atoms with Gasteiger partial charge >= 0.3 is 12.4 Å². The van der Waals surface area contributed by atoms with Gasteiger partial charge in [0.25, 0.3) is 0 Å². The first-order valence-corrected chi connectivity index (χ1v) is 7.93. The van der Waals surface area contributed by atoms with Gasteiger partial charge in [-0.25, -0.2) is 4.79 Å². The fourth-order valence-corrected chi connectivity index (χ4v) is 3.87. The molecule has 24 heavy (non-hydrogen) atoms. The van der Waals surface area contributed by atoms with Gasteiger partial charge in [-0.05, 0) is 43.4 Å². The maximum atomic E-state index is 13.0. The van der Waals surface area contributed by atoms with Crippen molar-refractivity contribution in [1.29, 1.82) is 0 Å². The third kappa shape index (κ3) is 2.75. The van der Waals surface area contributed by atoms with Crippen LogP contribution in [0, 0.1) is 0 Å². The molecule has 0 radical (unpaired) electrons. The van der Waals surface area contributed by atoms with E-state index in [9.17, 15) is 18.7 Å². The molecule has 2 bridgehead atoms. The average molecular weight is 341 g/mol. The topological polar surface area (TPSA) is 68.2 Å². The molecular formula is C16H17F2NO5. The second-order valence-corrected chi connectivity index (χ2v) is 6.43. The number of rotatable bonds is 3. The lowest BCUT2D eigenvalue weighted by molar-refractivity contribution is -0.286. The highest BCUT2D eigenvalue weighted by Crippen LogP contribution is 2.42. The third-order valence-electron chi connectivity index (χ3n) is 4.86. The summed E-state index contributed by atoms with van der Waals surface area (Å²) in [5, 5.41) is 9.24. The molecule has 130 valence electrons. The van der Waals surface area contributed by atoms with Gasteiger partial charge in [-0.3, -0.25) is 0 Å². The van der Waals surface area contributed by atoms with Gasteiger partial charge in [0.05, 0.1) is 12.7 Å². The van der Waals surface area contributed by atoms with E-state index in [1.807, 2.05) is 0 Å². The molecule has 0 aromatic heterocycles. The monoisotopic (exact) mass is 341 g/mol. The second-order valence-electron chi connectivity index (χ2n) is 6.43. The van der Waals surface area contributed by atoms with Crippen molar-refractivity contribution in [2.45, 2.75) is 56.8 Å². The zero-order chi connectivity index (χ0) is 16.9. The number of carbonyl (C=O) groups is 1. The van der Waals surface area contributed by atoms with E-state index in [0.29, 0.717) is 18.4 Å². The Kier molecular flexibility index (Phi) is 3.52. The minimum Gasteiger partial charge on any atom is -0.465 e. The van der Waals surface area contributed by atoms with Crippen molar-refractivity contribution < 1.29 is 32.9 Å². The van der Waals surface area contributed by atoms with E-state index in [0.717, 1.165) is 12.8 Å². The molecule has 3 heterocycles. The molecule has 1 amide bonds. The normalized spacial score (nSPS) is 29.8. The molecule has 1 aromatic rings. The second kappa shape index (κ2) is 5.47. The van der Waals surface area contributed by atoms with Crippen LogP contribution in [0.2, 0.25) is 0 Å². The first kappa shape index (κ1) is 15.4. The number of hydrogen-bond acceptors (Lipinski definition) is 4. The van der Waals surface area contributed by atoms with E-state index < -0.39 is 12.4 Å². The number of fused-ring (bicyclic) bond motifs is 3. The number of benzene rings is 1. The van der Waals surface area contributed by atoms with Gasteiger partial charge in [0.1, 0.15) is 0 Å². The van der Waals surface area contributed by atoms with Crippen molar-refractivity contribution in [3.63, 3.8) is 0 Å². The fourth-order valence-electron chi connectivity index (χ4n) is 3.87. The van der Waals surface area contributed by atoms with Crippen molar-refractivity contribution in [1.82, 2.24) is 4.90 Å². The molecule has 1 aromatic carbocycles. The zero-order valence-corrected chi connectivity index (χ0v) is 12.8. The van der Waals surface area contributed by atoms with Crippen LogP contribution in [0.3, 0.4) is 0 Å². The molecule has 2 unspecified atom stereocenters. The van der Waals surface area contributed by atoms with Crippen LogP contribution in [0.15, 0.2) is 18.2 Å². The van der Waals surface area contributed by atoms with Crippen molar-refractivity contribution in [2.24, 2.45) is 0 Å². The molecule has 3 aliphatic rings.